The molecule has 0 aromatic heterocycles. The molecule has 0 aliphatic heterocycles. The molecular weight excluding hydrogens is 826 g/mol. The molecule has 0 aromatic rings. The van der Waals surface area contributed by atoms with Crippen LogP contribution in [0.5, 0.6) is 0 Å². The Morgan fingerprint density at radius 2 is 0.529 bits per heavy atom. The number of ether oxygens (including phenoxy) is 3. The van der Waals surface area contributed by atoms with Crippen LogP contribution in [0.4, 0.5) is 0 Å². The zero-order valence-corrected chi connectivity index (χ0v) is 45.3. The molecule has 14 heteroatoms. The van der Waals surface area contributed by atoms with Crippen LogP contribution in [0.1, 0.15) is 138 Å². The molecule has 0 saturated heterocycles. The van der Waals surface area contributed by atoms with E-state index in [1.54, 1.807) is 50.1 Å². The maximum absolute atomic E-state index is 9.65. The fourth-order valence-electron chi connectivity index (χ4n) is 0. The van der Waals surface area contributed by atoms with Gasteiger partial charge in [0.15, 0.2) is 0 Å². The number of esters is 2. The number of Topliss-reactive ketones (excluding diaryl/α,β-unsaturated/α-hetero) is 3. The predicted molar refractivity (Wildman–Crippen MR) is 241 cm³/mol. The van der Waals surface area contributed by atoms with Gasteiger partial charge in [0.2, 0.25) is 0 Å². The Balaban J connectivity index is -0.0000000185. The standard InChI is InChI=1S/2C3H6O2.3C3H6O.C2H6OS.C2H6OSe.C2H6O.C2H6S.C2H6Se.6C2H6/c2*1-3(4)5-2;3*1-3(2)4;2*1-4(2)3;3*1-3-2;6*1-2/h2*1-2H3;5*1-2H3;3*1-2H3;6*1-2H3. The Labute approximate surface area is 340 Å². The van der Waals surface area contributed by atoms with Gasteiger partial charge < -0.3 is 28.6 Å². The molecular formula is C37H96O10S2Se2. The summed E-state index contributed by atoms with van der Waals surface area (Å²) in [5.74, 6) is 7.86. The van der Waals surface area contributed by atoms with E-state index >= 15 is 0 Å². The number of methoxy groups -OCH3 is 3. The van der Waals surface area contributed by atoms with E-state index in [1.807, 2.05) is 95.6 Å². The number of ketones is 3. The summed E-state index contributed by atoms with van der Waals surface area (Å²) in [5.41, 5.74) is 0. The Morgan fingerprint density at radius 1 is 0.510 bits per heavy atom. The number of hydrogen-bond acceptors (Lipinski definition) is 11. The van der Waals surface area contributed by atoms with Gasteiger partial charge in [0, 0.05) is 51.4 Å². The van der Waals surface area contributed by atoms with Crippen molar-refractivity contribution < 1.29 is 46.2 Å². The molecule has 0 aliphatic carbocycles. The topological polar surface area (TPSA) is 147 Å². The van der Waals surface area contributed by atoms with Gasteiger partial charge in [-0.15, -0.1) is 0 Å². The van der Waals surface area contributed by atoms with Crippen molar-refractivity contribution in [2.75, 3.05) is 53.5 Å². The fourth-order valence-corrected chi connectivity index (χ4v) is 0. The third kappa shape index (κ3) is 10400. The van der Waals surface area contributed by atoms with Crippen LogP contribution in [0, 0.1) is 0 Å². The maximum atomic E-state index is 9.65. The molecule has 0 heterocycles. The van der Waals surface area contributed by atoms with Crippen LogP contribution in [0.25, 0.3) is 0 Å². The summed E-state index contributed by atoms with van der Waals surface area (Å²) in [7, 11) is 5.34. The van der Waals surface area contributed by atoms with Crippen LogP contribution in [0.2, 0.25) is 23.3 Å². The van der Waals surface area contributed by atoms with Crippen molar-refractivity contribution in [3.63, 3.8) is 0 Å². The van der Waals surface area contributed by atoms with Crippen molar-refractivity contribution in [3.05, 3.63) is 0 Å². The second kappa shape index (κ2) is 180. The molecule has 51 heavy (non-hydrogen) atoms. The zero-order chi connectivity index (χ0) is 46.6. The summed E-state index contributed by atoms with van der Waals surface area (Å²) < 4.78 is 31.7. The summed E-state index contributed by atoms with van der Waals surface area (Å²) >= 11 is 1.33. The molecule has 0 rings (SSSR count). The van der Waals surface area contributed by atoms with Crippen molar-refractivity contribution in [1.82, 2.24) is 0 Å². The molecule has 10 nitrogen and oxygen atoms in total. The Bertz CT molecular complexity index is 445. The van der Waals surface area contributed by atoms with Gasteiger partial charge in [-0.25, -0.2) is 0 Å². The summed E-state index contributed by atoms with van der Waals surface area (Å²) in [4.78, 5) is 47.5. The molecule has 0 amide bonds. The third-order valence-corrected chi connectivity index (χ3v) is 0.575. The predicted octanol–water partition coefficient (Wildman–Crippen LogP) is 11.0. The van der Waals surface area contributed by atoms with E-state index in [1.165, 1.54) is 69.6 Å². The molecule has 0 saturated carbocycles. The first-order chi connectivity index (χ1) is 23.4. The second-order valence-electron chi connectivity index (χ2n) is 6.82. The van der Waals surface area contributed by atoms with Crippen molar-refractivity contribution in [2.24, 2.45) is 0 Å². The van der Waals surface area contributed by atoms with Crippen LogP contribution in [0.15, 0.2) is 0 Å². The Kier molecular flexibility index (Phi) is 366. The number of carbonyl (C=O) groups excluding carboxylic acids is 5. The molecule has 0 atom stereocenters. The summed E-state index contributed by atoms with van der Waals surface area (Å²) in [6.45, 7) is 35.9. The SMILES string of the molecule is CC.CC.CC.CC.CC.CC.CC(C)=O.CC(C)=O.CC(C)=O.COC.COC(C)=O.COC(C)=O.CS(C)=O.CSC.C[Se](C)=O.C[Se]C. The number of hydrogen-bond donors (Lipinski definition) is 0. The Hall–Kier alpha value is -0.751. The van der Waals surface area contributed by atoms with E-state index in [0.29, 0.717) is 0 Å². The molecule has 0 bridgehead atoms. The van der Waals surface area contributed by atoms with Crippen molar-refractivity contribution in [1.29, 1.82) is 0 Å². The van der Waals surface area contributed by atoms with Gasteiger partial charge in [0.25, 0.3) is 0 Å². The number of thioether (sulfide) groups is 1. The van der Waals surface area contributed by atoms with Crippen molar-refractivity contribution >= 4 is 80.6 Å². The Morgan fingerprint density at radius 3 is 0.529 bits per heavy atom. The van der Waals surface area contributed by atoms with Gasteiger partial charge in [0.1, 0.15) is 17.3 Å². The van der Waals surface area contributed by atoms with Gasteiger partial charge in [-0.2, -0.15) is 11.8 Å². The molecule has 0 unspecified atom stereocenters. The molecule has 0 N–H and O–H groups in total. The fraction of sp³-hybridized carbons (Fsp3) is 0.865. The average molecular weight is 923 g/mol. The van der Waals surface area contributed by atoms with Gasteiger partial charge in [-0.3, -0.25) is 13.8 Å². The van der Waals surface area contributed by atoms with Crippen LogP contribution >= 0.6 is 11.8 Å². The summed E-state index contributed by atoms with van der Waals surface area (Å²) in [6, 6.07) is 0. The van der Waals surface area contributed by atoms with E-state index in [2.05, 4.69) is 25.9 Å². The molecule has 0 aliphatic rings. The minimum absolute atomic E-state index is 0.167. The van der Waals surface area contributed by atoms with Crippen LogP contribution in [0.3, 0.4) is 0 Å². The van der Waals surface area contributed by atoms with Crippen LogP contribution < -0.4 is 0 Å². The van der Waals surface area contributed by atoms with Gasteiger partial charge in [0.05, 0.1) is 14.2 Å². The van der Waals surface area contributed by atoms with E-state index in [-0.39, 0.29) is 29.3 Å². The molecule has 0 radical (unpaired) electrons. The molecule has 328 valence electrons. The van der Waals surface area contributed by atoms with Gasteiger partial charge in [-0.05, 0) is 54.1 Å². The first kappa shape index (κ1) is 104. The molecule has 0 aromatic carbocycles. The average Bonchev–Trinajstić information content (AvgIpc) is 3.03. The summed E-state index contributed by atoms with van der Waals surface area (Å²) in [6.07, 6.45) is 7.36. The number of rotatable bonds is 0. The summed E-state index contributed by atoms with van der Waals surface area (Å²) in [5, 5.41) is 0. The van der Waals surface area contributed by atoms with Gasteiger partial charge in [-0.1, -0.05) is 83.1 Å². The van der Waals surface area contributed by atoms with Crippen molar-refractivity contribution in [3.8, 4) is 0 Å². The second-order valence-corrected chi connectivity index (χ2v) is 13.9. The van der Waals surface area contributed by atoms with Gasteiger partial charge >= 0.3 is 67.9 Å². The molecule has 0 spiro atoms. The van der Waals surface area contributed by atoms with Crippen LogP contribution in [-0.2, 0) is 52.8 Å². The monoisotopic (exact) mass is 924 g/mol. The van der Waals surface area contributed by atoms with E-state index < -0.39 is 24.6 Å². The van der Waals surface area contributed by atoms with Crippen molar-refractivity contribution in [2.45, 2.75) is 162 Å². The van der Waals surface area contributed by atoms with Crippen LogP contribution in [-0.4, -0.2) is 116 Å². The first-order valence-electron chi connectivity index (χ1n) is 16.7. The van der Waals surface area contributed by atoms with E-state index in [4.69, 9.17) is 0 Å². The van der Waals surface area contributed by atoms with E-state index in [9.17, 15) is 32.0 Å². The third-order valence-electron chi connectivity index (χ3n) is 0.575. The minimum atomic E-state index is -1.29. The first-order valence-corrected chi connectivity index (χ1v) is 27.8. The number of carbonyl (C=O) groups is 5. The van der Waals surface area contributed by atoms with E-state index in [0.717, 1.165) is 15.0 Å². The zero-order valence-electron chi connectivity index (χ0n) is 40.2. The molecule has 0 fully saturated rings. The quantitative estimate of drug-likeness (QED) is 0.169. The normalized spacial score (nSPS) is 6.00.